The van der Waals surface area contributed by atoms with Crippen LogP contribution in [0.25, 0.3) is 0 Å². The number of aromatic nitrogens is 2. The topological polar surface area (TPSA) is 87.1 Å². The maximum absolute atomic E-state index is 11.3. The number of rotatable bonds is 5. The molecule has 0 aliphatic heterocycles. The third-order valence-corrected chi connectivity index (χ3v) is 2.49. The number of aliphatic hydroxyl groups excluding tert-OH is 1. The SMILES string of the molecule is CC/C(=C\CNC(=O)Nc1cnns1)CO. The second kappa shape index (κ2) is 6.91. The van der Waals surface area contributed by atoms with E-state index in [0.29, 0.717) is 11.5 Å². The lowest BCUT2D eigenvalue weighted by molar-refractivity contribution is 0.253. The van der Waals surface area contributed by atoms with Crippen molar-refractivity contribution in [3.63, 3.8) is 0 Å². The van der Waals surface area contributed by atoms with Gasteiger partial charge < -0.3 is 10.4 Å². The molecule has 0 saturated carbocycles. The summed E-state index contributed by atoms with van der Waals surface area (Å²) in [6.45, 7) is 2.37. The van der Waals surface area contributed by atoms with Gasteiger partial charge in [-0.15, -0.1) is 5.10 Å². The Hall–Kier alpha value is -1.47. The highest BCUT2D eigenvalue weighted by molar-refractivity contribution is 7.10. The molecule has 3 N–H and O–H groups in total. The van der Waals surface area contributed by atoms with E-state index in [-0.39, 0.29) is 12.6 Å². The minimum absolute atomic E-state index is 0.0264. The first-order valence-corrected chi connectivity index (χ1v) is 5.64. The van der Waals surface area contributed by atoms with Gasteiger partial charge in [0, 0.05) is 18.1 Å². The highest BCUT2D eigenvalue weighted by Crippen LogP contribution is 2.08. The molecule has 1 aromatic heterocycles. The summed E-state index contributed by atoms with van der Waals surface area (Å²) in [6.07, 6.45) is 4.05. The molecule has 0 aliphatic rings. The van der Waals surface area contributed by atoms with Crippen LogP contribution in [0.2, 0.25) is 0 Å². The highest BCUT2D eigenvalue weighted by atomic mass is 32.1. The van der Waals surface area contributed by atoms with Crippen LogP contribution in [0.5, 0.6) is 0 Å². The van der Waals surface area contributed by atoms with Crippen molar-refractivity contribution in [2.75, 3.05) is 18.5 Å². The fourth-order valence-electron chi connectivity index (χ4n) is 0.987. The second-order valence-corrected chi connectivity index (χ2v) is 3.78. The van der Waals surface area contributed by atoms with Gasteiger partial charge in [0.05, 0.1) is 12.8 Å². The van der Waals surface area contributed by atoms with Crippen LogP contribution in [0.3, 0.4) is 0 Å². The third-order valence-electron chi connectivity index (χ3n) is 1.91. The van der Waals surface area contributed by atoms with Crippen molar-refractivity contribution in [1.82, 2.24) is 14.9 Å². The van der Waals surface area contributed by atoms with Gasteiger partial charge in [0.2, 0.25) is 0 Å². The third kappa shape index (κ3) is 4.37. The number of hydrogen-bond acceptors (Lipinski definition) is 5. The number of carbonyl (C=O) groups is 1. The smallest absolute Gasteiger partial charge is 0.320 e. The molecule has 0 aromatic carbocycles. The zero-order valence-electron chi connectivity index (χ0n) is 8.93. The predicted octanol–water partition coefficient (Wildman–Crippen LogP) is 0.988. The number of nitrogens with one attached hydrogen (secondary N) is 2. The van der Waals surface area contributed by atoms with Crippen LogP contribution >= 0.6 is 11.5 Å². The Morgan fingerprint density at radius 2 is 2.50 bits per heavy atom. The summed E-state index contributed by atoms with van der Waals surface area (Å²) in [4.78, 5) is 11.3. The molecule has 0 unspecified atom stereocenters. The molecular formula is C9H14N4O2S. The van der Waals surface area contributed by atoms with E-state index < -0.39 is 0 Å². The average Bonchev–Trinajstić information content (AvgIpc) is 2.77. The highest BCUT2D eigenvalue weighted by Gasteiger charge is 2.01. The summed E-state index contributed by atoms with van der Waals surface area (Å²) >= 11 is 1.11. The first-order chi connectivity index (χ1) is 7.76. The van der Waals surface area contributed by atoms with Gasteiger partial charge in [-0.3, -0.25) is 5.32 Å². The Labute approximate surface area is 97.5 Å². The summed E-state index contributed by atoms with van der Waals surface area (Å²) in [7, 11) is 0. The van der Waals surface area contributed by atoms with E-state index in [1.165, 1.54) is 6.20 Å². The maximum Gasteiger partial charge on any atom is 0.320 e. The molecule has 0 saturated heterocycles. The molecule has 0 atom stereocenters. The summed E-state index contributed by atoms with van der Waals surface area (Å²) in [5, 5.41) is 18.3. The molecule has 6 nitrogen and oxygen atoms in total. The van der Waals surface area contributed by atoms with Crippen molar-refractivity contribution in [2.45, 2.75) is 13.3 Å². The van der Waals surface area contributed by atoms with E-state index in [1.54, 1.807) is 6.08 Å². The van der Waals surface area contributed by atoms with E-state index in [1.807, 2.05) is 6.92 Å². The van der Waals surface area contributed by atoms with Gasteiger partial charge in [0.1, 0.15) is 5.00 Å². The standard InChI is InChI=1S/C9H14N4O2S/c1-2-7(6-14)3-4-10-9(15)12-8-5-11-13-16-8/h3,5,14H,2,4,6H2,1H3,(H2,10,12,15)/b7-3+. The summed E-state index contributed by atoms with van der Waals surface area (Å²) in [5.41, 5.74) is 0.903. The molecular weight excluding hydrogens is 228 g/mol. The molecule has 0 radical (unpaired) electrons. The van der Waals surface area contributed by atoms with Crippen LogP contribution in [0.1, 0.15) is 13.3 Å². The monoisotopic (exact) mass is 242 g/mol. The van der Waals surface area contributed by atoms with Gasteiger partial charge in [0.25, 0.3) is 0 Å². The fraction of sp³-hybridized carbons (Fsp3) is 0.444. The quantitative estimate of drug-likeness (QED) is 0.672. The predicted molar refractivity (Wildman–Crippen MR) is 62.4 cm³/mol. The van der Waals surface area contributed by atoms with Gasteiger partial charge in [-0.2, -0.15) is 0 Å². The van der Waals surface area contributed by atoms with E-state index in [0.717, 1.165) is 23.5 Å². The Balaban J connectivity index is 2.28. The lowest BCUT2D eigenvalue weighted by Crippen LogP contribution is -2.28. The Bertz CT molecular complexity index is 344. The zero-order chi connectivity index (χ0) is 11.8. The van der Waals surface area contributed by atoms with Crippen molar-refractivity contribution in [1.29, 1.82) is 0 Å². The number of urea groups is 1. The molecule has 0 bridgehead atoms. The van der Waals surface area contributed by atoms with E-state index in [9.17, 15) is 4.79 Å². The molecule has 1 heterocycles. The van der Waals surface area contributed by atoms with Crippen molar-refractivity contribution >= 4 is 22.6 Å². The van der Waals surface area contributed by atoms with Crippen molar-refractivity contribution in [2.24, 2.45) is 0 Å². The van der Waals surface area contributed by atoms with E-state index in [4.69, 9.17) is 5.11 Å². The average molecular weight is 242 g/mol. The molecule has 0 aliphatic carbocycles. The first-order valence-electron chi connectivity index (χ1n) is 4.87. The van der Waals surface area contributed by atoms with Crippen LogP contribution in [-0.4, -0.2) is 33.9 Å². The summed E-state index contributed by atoms with van der Waals surface area (Å²) in [5.74, 6) is 0. The number of aliphatic hydroxyl groups is 1. The fourth-order valence-corrected chi connectivity index (χ4v) is 1.40. The Morgan fingerprint density at radius 3 is 3.06 bits per heavy atom. The Morgan fingerprint density at radius 1 is 1.69 bits per heavy atom. The van der Waals surface area contributed by atoms with Gasteiger partial charge in [0.15, 0.2) is 0 Å². The van der Waals surface area contributed by atoms with Crippen LogP contribution in [0.4, 0.5) is 9.80 Å². The van der Waals surface area contributed by atoms with Gasteiger partial charge in [-0.1, -0.05) is 17.5 Å². The minimum Gasteiger partial charge on any atom is -0.392 e. The summed E-state index contributed by atoms with van der Waals surface area (Å²) in [6, 6.07) is -0.310. The van der Waals surface area contributed by atoms with Crippen LogP contribution in [0.15, 0.2) is 17.8 Å². The molecule has 1 rings (SSSR count). The Kier molecular flexibility index (Phi) is 5.44. The number of carbonyl (C=O) groups excluding carboxylic acids is 1. The molecule has 7 heteroatoms. The molecule has 1 aromatic rings. The van der Waals surface area contributed by atoms with Crippen LogP contribution in [-0.2, 0) is 0 Å². The van der Waals surface area contributed by atoms with Crippen LogP contribution < -0.4 is 10.6 Å². The van der Waals surface area contributed by atoms with E-state index >= 15 is 0 Å². The van der Waals surface area contributed by atoms with Crippen molar-refractivity contribution < 1.29 is 9.90 Å². The largest absolute Gasteiger partial charge is 0.392 e. The maximum atomic E-state index is 11.3. The number of hydrogen-bond donors (Lipinski definition) is 3. The van der Waals surface area contributed by atoms with E-state index in [2.05, 4.69) is 20.2 Å². The lowest BCUT2D eigenvalue weighted by atomic mass is 10.2. The molecule has 16 heavy (non-hydrogen) atoms. The normalized spacial score (nSPS) is 11.2. The van der Waals surface area contributed by atoms with Gasteiger partial charge >= 0.3 is 6.03 Å². The molecule has 88 valence electrons. The van der Waals surface area contributed by atoms with Crippen molar-refractivity contribution in [3.8, 4) is 0 Å². The molecule has 2 amide bonds. The number of amides is 2. The second-order valence-electron chi connectivity index (χ2n) is 2.99. The number of nitrogens with zero attached hydrogens (tertiary/aromatic N) is 2. The lowest BCUT2D eigenvalue weighted by Gasteiger charge is -2.03. The van der Waals surface area contributed by atoms with Crippen molar-refractivity contribution in [3.05, 3.63) is 17.8 Å². The van der Waals surface area contributed by atoms with Gasteiger partial charge in [-0.25, -0.2) is 4.79 Å². The minimum atomic E-state index is -0.310. The van der Waals surface area contributed by atoms with Crippen LogP contribution in [0, 0.1) is 0 Å². The summed E-state index contributed by atoms with van der Waals surface area (Å²) < 4.78 is 3.61. The zero-order valence-corrected chi connectivity index (χ0v) is 9.75. The molecule has 0 fully saturated rings. The first kappa shape index (κ1) is 12.6. The number of anilines is 1. The molecule has 0 spiro atoms. The van der Waals surface area contributed by atoms with Gasteiger partial charge in [-0.05, 0) is 12.0 Å².